The number of aromatic nitrogens is 1. The Morgan fingerprint density at radius 1 is 1.23 bits per heavy atom. The summed E-state index contributed by atoms with van der Waals surface area (Å²) in [5, 5.41) is 0.0848. The van der Waals surface area contributed by atoms with Gasteiger partial charge in [0.2, 0.25) is 20.0 Å². The number of morpholine rings is 1. The van der Waals surface area contributed by atoms with Gasteiger partial charge in [0.05, 0.1) is 18.7 Å². The topological polar surface area (TPSA) is 152 Å². The molecule has 1 saturated heterocycles. The van der Waals surface area contributed by atoms with Crippen molar-refractivity contribution in [2.24, 2.45) is 5.73 Å². The molecule has 0 aliphatic carbocycles. The minimum Gasteiger partial charge on any atom is -0.379 e. The number of nitrogens with zero attached hydrogens (tertiary/aromatic N) is 1. The second-order valence-corrected chi connectivity index (χ2v) is 9.33. The van der Waals surface area contributed by atoms with E-state index in [1.807, 2.05) is 0 Å². The predicted octanol–water partition coefficient (Wildman–Crippen LogP) is -0.804. The lowest BCUT2D eigenvalue weighted by atomic mass is 10.2. The third kappa shape index (κ3) is 2.99. The number of hydrogen-bond donors (Lipinski definition) is 3. The highest BCUT2D eigenvalue weighted by Gasteiger charge is 2.34. The fraction of sp³-hybridized carbons (Fsp3) is 0.357. The zero-order valence-corrected chi connectivity index (χ0v) is 15.5. The Hall–Kier alpha value is -1.99. The molecule has 10 nitrogen and oxygen atoms in total. The summed E-state index contributed by atoms with van der Waals surface area (Å²) in [6, 6.07) is 4.14. The van der Waals surface area contributed by atoms with E-state index < -0.39 is 26.0 Å². The van der Waals surface area contributed by atoms with Crippen LogP contribution in [0.15, 0.2) is 28.0 Å². The number of fused-ring (bicyclic) bond motifs is 1. The summed E-state index contributed by atoms with van der Waals surface area (Å²) in [6.07, 6.45) is 0. The molecule has 1 aromatic heterocycles. The van der Waals surface area contributed by atoms with Crippen LogP contribution in [0, 0.1) is 0 Å². The number of para-hydroxylation sites is 1. The van der Waals surface area contributed by atoms with Crippen molar-refractivity contribution in [1.29, 1.82) is 0 Å². The van der Waals surface area contributed by atoms with Crippen molar-refractivity contribution in [3.8, 4) is 0 Å². The summed E-state index contributed by atoms with van der Waals surface area (Å²) >= 11 is 0. The van der Waals surface area contributed by atoms with Gasteiger partial charge in [-0.25, -0.2) is 21.6 Å². The van der Waals surface area contributed by atoms with Gasteiger partial charge in [-0.05, 0) is 13.1 Å². The minimum atomic E-state index is -4.08. The molecule has 3 rings (SSSR count). The van der Waals surface area contributed by atoms with E-state index in [4.69, 9.17) is 10.5 Å². The normalized spacial score (nSPS) is 16.8. The van der Waals surface area contributed by atoms with Crippen LogP contribution in [0.4, 0.5) is 0 Å². The number of aromatic amines is 1. The standard InChI is InChI=1S/C14H18N4O6S2/c1-16-25(20,21)10-4-2-3-9-11(10)17-12(14(15)19)13(9)26(22,23)18-5-7-24-8-6-18/h2-4,16-17H,5-8H2,1H3,(H2,15,19). The number of sulfonamides is 2. The fourth-order valence-corrected chi connectivity index (χ4v) is 5.51. The zero-order chi connectivity index (χ0) is 19.1. The maximum Gasteiger partial charge on any atom is 0.266 e. The lowest BCUT2D eigenvalue weighted by Crippen LogP contribution is -2.41. The van der Waals surface area contributed by atoms with Crippen molar-refractivity contribution in [2.45, 2.75) is 9.79 Å². The first-order valence-electron chi connectivity index (χ1n) is 7.66. The second kappa shape index (κ2) is 6.63. The molecule has 1 aromatic carbocycles. The Morgan fingerprint density at radius 3 is 2.46 bits per heavy atom. The summed E-state index contributed by atoms with van der Waals surface area (Å²) < 4.78 is 59.2. The van der Waals surface area contributed by atoms with Gasteiger partial charge in [0.25, 0.3) is 5.91 Å². The van der Waals surface area contributed by atoms with E-state index in [2.05, 4.69) is 9.71 Å². The molecule has 4 N–H and O–H groups in total. The van der Waals surface area contributed by atoms with Gasteiger partial charge in [-0.1, -0.05) is 12.1 Å². The van der Waals surface area contributed by atoms with Crippen LogP contribution < -0.4 is 10.5 Å². The lowest BCUT2D eigenvalue weighted by Gasteiger charge is -2.26. The van der Waals surface area contributed by atoms with Crippen molar-refractivity contribution < 1.29 is 26.4 Å². The Bertz CT molecular complexity index is 1070. The largest absolute Gasteiger partial charge is 0.379 e. The molecule has 0 radical (unpaired) electrons. The smallest absolute Gasteiger partial charge is 0.266 e. The predicted molar refractivity (Wildman–Crippen MR) is 92.6 cm³/mol. The Labute approximate surface area is 150 Å². The molecule has 1 aliphatic rings. The number of H-pyrrole nitrogens is 1. The number of hydrogen-bond acceptors (Lipinski definition) is 6. The first-order chi connectivity index (χ1) is 12.2. The maximum atomic E-state index is 13.1. The van der Waals surface area contributed by atoms with Gasteiger partial charge in [0, 0.05) is 18.5 Å². The molecule has 0 unspecified atom stereocenters. The van der Waals surface area contributed by atoms with Gasteiger partial charge in [-0.15, -0.1) is 0 Å². The van der Waals surface area contributed by atoms with Gasteiger partial charge in [0.1, 0.15) is 15.5 Å². The van der Waals surface area contributed by atoms with E-state index in [0.29, 0.717) is 0 Å². The summed E-state index contributed by atoms with van der Waals surface area (Å²) in [7, 11) is -6.74. The molecule has 0 bridgehead atoms. The van der Waals surface area contributed by atoms with Crippen LogP contribution in [0.5, 0.6) is 0 Å². The average molecular weight is 402 g/mol. The number of rotatable bonds is 5. The van der Waals surface area contributed by atoms with Crippen LogP contribution in [0.3, 0.4) is 0 Å². The van der Waals surface area contributed by atoms with Crippen molar-refractivity contribution in [3.63, 3.8) is 0 Å². The SMILES string of the molecule is CNS(=O)(=O)c1cccc2c(S(=O)(=O)N3CCOCC3)c(C(N)=O)[nH]c12. The Kier molecular flexibility index (Phi) is 4.79. The van der Waals surface area contributed by atoms with E-state index in [9.17, 15) is 21.6 Å². The molecule has 0 spiro atoms. The van der Waals surface area contributed by atoms with Gasteiger partial charge in [-0.3, -0.25) is 4.79 Å². The van der Waals surface area contributed by atoms with Crippen molar-refractivity contribution in [1.82, 2.24) is 14.0 Å². The number of amides is 1. The molecule has 0 saturated carbocycles. The third-order valence-electron chi connectivity index (χ3n) is 4.12. The summed E-state index contributed by atoms with van der Waals surface area (Å²) in [4.78, 5) is 14.0. The van der Waals surface area contributed by atoms with E-state index in [1.54, 1.807) is 0 Å². The monoisotopic (exact) mass is 402 g/mol. The summed E-state index contributed by atoms with van der Waals surface area (Å²) in [6.45, 7) is 0.711. The molecule has 1 aliphatic heterocycles. The van der Waals surface area contributed by atoms with Crippen molar-refractivity contribution in [2.75, 3.05) is 33.4 Å². The highest BCUT2D eigenvalue weighted by molar-refractivity contribution is 7.90. The van der Waals surface area contributed by atoms with Crippen LogP contribution in [-0.4, -0.2) is 65.4 Å². The van der Waals surface area contributed by atoms with Gasteiger partial charge in [-0.2, -0.15) is 4.31 Å². The minimum absolute atomic E-state index is 0.00230. The second-order valence-electron chi connectivity index (χ2n) is 5.60. The molecule has 2 aromatic rings. The van der Waals surface area contributed by atoms with E-state index >= 15 is 0 Å². The number of nitrogens with one attached hydrogen (secondary N) is 2. The van der Waals surface area contributed by atoms with Crippen molar-refractivity contribution >= 4 is 36.9 Å². The molecule has 1 fully saturated rings. The maximum absolute atomic E-state index is 13.1. The molecule has 12 heteroatoms. The third-order valence-corrected chi connectivity index (χ3v) is 7.56. The van der Waals surface area contributed by atoms with E-state index in [-0.39, 0.29) is 52.7 Å². The van der Waals surface area contributed by atoms with Gasteiger partial charge >= 0.3 is 0 Å². The zero-order valence-electron chi connectivity index (χ0n) is 13.9. The number of ether oxygens (including phenoxy) is 1. The number of nitrogens with two attached hydrogens (primary N) is 1. The van der Waals surface area contributed by atoms with Gasteiger partial charge in [0.15, 0.2) is 0 Å². The number of benzene rings is 1. The van der Waals surface area contributed by atoms with E-state index in [1.165, 1.54) is 29.6 Å². The van der Waals surface area contributed by atoms with Crippen LogP contribution >= 0.6 is 0 Å². The molecular weight excluding hydrogens is 384 g/mol. The highest BCUT2D eigenvalue weighted by Crippen LogP contribution is 2.33. The summed E-state index contributed by atoms with van der Waals surface area (Å²) in [5.74, 6) is -0.999. The van der Waals surface area contributed by atoms with Crippen LogP contribution in [-0.2, 0) is 24.8 Å². The van der Waals surface area contributed by atoms with Crippen LogP contribution in [0.2, 0.25) is 0 Å². The molecule has 142 valence electrons. The fourth-order valence-electron chi connectivity index (χ4n) is 2.86. The molecule has 26 heavy (non-hydrogen) atoms. The van der Waals surface area contributed by atoms with Crippen LogP contribution in [0.1, 0.15) is 10.5 Å². The Morgan fingerprint density at radius 2 is 1.88 bits per heavy atom. The van der Waals surface area contributed by atoms with Crippen molar-refractivity contribution in [3.05, 3.63) is 23.9 Å². The number of primary amides is 1. The van der Waals surface area contributed by atoms with E-state index in [0.717, 1.165) is 0 Å². The Balaban J connectivity index is 2.33. The highest BCUT2D eigenvalue weighted by atomic mass is 32.2. The van der Waals surface area contributed by atoms with Crippen LogP contribution in [0.25, 0.3) is 10.9 Å². The molecule has 1 amide bonds. The number of carbonyl (C=O) groups is 1. The summed E-state index contributed by atoms with van der Waals surface area (Å²) in [5.41, 5.74) is 5.00. The average Bonchev–Trinajstić information content (AvgIpc) is 3.03. The van der Waals surface area contributed by atoms with Gasteiger partial charge < -0.3 is 15.5 Å². The molecular formula is C14H18N4O6S2. The molecule has 2 heterocycles. The quantitative estimate of drug-likeness (QED) is 0.595. The number of carbonyl (C=O) groups excluding carboxylic acids is 1. The first kappa shape index (κ1) is 18.8. The first-order valence-corrected chi connectivity index (χ1v) is 10.6. The lowest BCUT2D eigenvalue weighted by molar-refractivity contribution is 0.0730. The molecule has 0 atom stereocenters.